The predicted molar refractivity (Wildman–Crippen MR) is 195 cm³/mol. The molecule has 14 heteroatoms. The van der Waals surface area contributed by atoms with Crippen LogP contribution in [0.5, 0.6) is 0 Å². The van der Waals surface area contributed by atoms with Gasteiger partial charge in [-0.25, -0.2) is 4.79 Å². The fourth-order valence-electron chi connectivity index (χ4n) is 6.15. The van der Waals surface area contributed by atoms with Crippen molar-refractivity contribution < 1.29 is 38.6 Å². The molecule has 0 bridgehead atoms. The molecule has 7 N–H and O–H groups in total. The van der Waals surface area contributed by atoms with Crippen molar-refractivity contribution in [3.63, 3.8) is 0 Å². The van der Waals surface area contributed by atoms with E-state index in [2.05, 4.69) is 28.2 Å². The average molecular weight is 727 g/mol. The van der Waals surface area contributed by atoms with Gasteiger partial charge in [0.05, 0.1) is 17.6 Å². The van der Waals surface area contributed by atoms with Crippen LogP contribution in [0.25, 0.3) is 0 Å². The van der Waals surface area contributed by atoms with Crippen LogP contribution in [0.3, 0.4) is 0 Å². The Kier molecular flexibility index (Phi) is 14.5. The van der Waals surface area contributed by atoms with E-state index in [4.69, 9.17) is 10.5 Å². The van der Waals surface area contributed by atoms with Gasteiger partial charge in [-0.2, -0.15) is 0 Å². The van der Waals surface area contributed by atoms with Crippen molar-refractivity contribution in [2.75, 3.05) is 0 Å². The number of carbonyl (C=O) groups excluding carboxylic acids is 5. The van der Waals surface area contributed by atoms with Crippen LogP contribution < -0.4 is 27.0 Å². The Balaban J connectivity index is 1.49. The monoisotopic (exact) mass is 726 g/mol. The van der Waals surface area contributed by atoms with E-state index in [0.717, 1.165) is 17.5 Å². The van der Waals surface area contributed by atoms with Crippen LogP contribution in [0.4, 0.5) is 0 Å². The molecule has 1 aromatic carbocycles. The smallest absolute Gasteiger partial charge is 0.326 e. The number of hydrogen-bond acceptors (Lipinski definition) is 8. The van der Waals surface area contributed by atoms with Crippen LogP contribution in [0.1, 0.15) is 98.8 Å². The van der Waals surface area contributed by atoms with Gasteiger partial charge in [-0.3, -0.25) is 24.0 Å². The van der Waals surface area contributed by atoms with Crippen molar-refractivity contribution in [2.24, 2.45) is 28.9 Å². The number of nitrogens with one attached hydrogen (secondary N) is 4. The zero-order chi connectivity index (χ0) is 39.1. The predicted octanol–water partition coefficient (Wildman–Crippen LogP) is 2.52. The first-order chi connectivity index (χ1) is 24.3. The summed E-state index contributed by atoms with van der Waals surface area (Å²) >= 11 is 0. The Bertz CT molecular complexity index is 1490. The minimum Gasteiger partial charge on any atom is -0.480 e. The average Bonchev–Trinajstić information content (AvgIpc) is 3.82. The number of nitrogens with zero attached hydrogens (tertiary/aromatic N) is 1. The molecule has 2 fully saturated rings. The summed E-state index contributed by atoms with van der Waals surface area (Å²) in [7, 11) is 0. The number of benzene rings is 1. The van der Waals surface area contributed by atoms with Crippen molar-refractivity contribution in [2.45, 2.75) is 131 Å². The van der Waals surface area contributed by atoms with E-state index in [-0.39, 0.29) is 48.2 Å². The number of rotatable bonds is 18. The standard InChI is InChI=1S/C38H58N6O8/c1-20(2)18-27(35(49)50)42-37(51)38(8,9)36-43-33(47)24(7)44(36)28(45)13-11-10-12-22(5)30-31(52-30)26-16-14-25(15-17-26)19-40-32(46)23(6)41-34(48)29(39)21(3)4/h11,13-17,20-24,27,29-31,36H,10,12,18-19,39H2,1-9H3,(H,40,46)(H,41,48)(H,42,51)(H,43,47)(H,49,50)/b13-11+/t22-,23?,24+,27?,29-,30?,31?,36?/m0/s1. The van der Waals surface area contributed by atoms with Crippen molar-refractivity contribution in [1.29, 1.82) is 0 Å². The van der Waals surface area contributed by atoms with Crippen LogP contribution in [0.15, 0.2) is 36.4 Å². The fourth-order valence-corrected chi connectivity index (χ4v) is 6.15. The van der Waals surface area contributed by atoms with Gasteiger partial charge in [0.2, 0.25) is 29.5 Å². The highest BCUT2D eigenvalue weighted by Gasteiger charge is 2.50. The van der Waals surface area contributed by atoms with Crippen molar-refractivity contribution >= 4 is 35.5 Å². The third-order valence-electron chi connectivity index (χ3n) is 9.87. The number of aliphatic carboxylic acids is 1. The Morgan fingerprint density at radius 2 is 1.65 bits per heavy atom. The summed E-state index contributed by atoms with van der Waals surface area (Å²) in [4.78, 5) is 77.1. The highest BCUT2D eigenvalue weighted by molar-refractivity contribution is 5.97. The second-order valence-corrected chi connectivity index (χ2v) is 15.5. The Labute approximate surface area is 307 Å². The van der Waals surface area contributed by atoms with Gasteiger partial charge in [-0.05, 0) is 81.9 Å². The molecule has 2 aliphatic rings. The molecule has 288 valence electrons. The number of epoxide rings is 1. The van der Waals surface area contributed by atoms with E-state index >= 15 is 0 Å². The molecule has 2 heterocycles. The Hall–Kier alpha value is -4.30. The first-order valence-electron chi connectivity index (χ1n) is 18.2. The molecular weight excluding hydrogens is 668 g/mol. The van der Waals surface area contributed by atoms with Gasteiger partial charge in [0.15, 0.2) is 0 Å². The van der Waals surface area contributed by atoms with Gasteiger partial charge in [0.1, 0.15) is 30.4 Å². The maximum atomic E-state index is 13.4. The maximum absolute atomic E-state index is 13.4. The normalized spacial score (nSPS) is 22.5. The number of carboxylic acid groups (broad SMARTS) is 1. The van der Waals surface area contributed by atoms with E-state index in [1.807, 2.05) is 52.0 Å². The third-order valence-corrected chi connectivity index (χ3v) is 9.87. The molecule has 5 unspecified atom stereocenters. The molecule has 1 aromatic rings. The topological polar surface area (TPSA) is 213 Å². The Morgan fingerprint density at radius 3 is 2.23 bits per heavy atom. The first-order valence-corrected chi connectivity index (χ1v) is 18.2. The van der Waals surface area contributed by atoms with Gasteiger partial charge < -0.3 is 41.7 Å². The maximum Gasteiger partial charge on any atom is 0.326 e. The molecule has 0 spiro atoms. The minimum absolute atomic E-state index is 0.0192. The van der Waals surface area contributed by atoms with E-state index in [0.29, 0.717) is 13.0 Å². The van der Waals surface area contributed by atoms with Crippen LogP contribution in [0.2, 0.25) is 0 Å². The van der Waals surface area contributed by atoms with Gasteiger partial charge >= 0.3 is 5.97 Å². The number of nitrogens with two attached hydrogens (primary N) is 1. The Morgan fingerprint density at radius 1 is 1.02 bits per heavy atom. The molecular formula is C38H58N6O8. The van der Waals surface area contributed by atoms with Crippen LogP contribution in [-0.2, 0) is 40.0 Å². The molecule has 5 amide bonds. The molecule has 0 radical (unpaired) electrons. The van der Waals surface area contributed by atoms with E-state index in [1.54, 1.807) is 33.8 Å². The number of ether oxygens (including phenoxy) is 1. The molecule has 3 rings (SSSR count). The molecule has 2 saturated heterocycles. The zero-order valence-corrected chi connectivity index (χ0v) is 31.9. The number of hydrogen-bond donors (Lipinski definition) is 6. The molecule has 2 aliphatic heterocycles. The molecule has 0 aliphatic carbocycles. The first kappa shape index (κ1) is 42.1. The summed E-state index contributed by atoms with van der Waals surface area (Å²) in [6.45, 7) is 16.2. The van der Waals surface area contributed by atoms with Crippen LogP contribution in [0, 0.1) is 23.2 Å². The minimum atomic E-state index is -1.31. The summed E-state index contributed by atoms with van der Waals surface area (Å²) in [6, 6.07) is 4.51. The lowest BCUT2D eigenvalue weighted by Crippen LogP contribution is -2.58. The summed E-state index contributed by atoms with van der Waals surface area (Å²) in [6.07, 6.45) is 3.76. The SMILES string of the molecule is CC(C)CC(NC(=O)C(C)(C)C1NC(=O)[C@@H](C)N1C(=O)/C=C/CC[C@H](C)C1OC1c1ccc(CNC(=O)C(C)NC(=O)[C@@H](N)C(C)C)cc1)C(=O)O. The highest BCUT2D eigenvalue weighted by atomic mass is 16.6. The van der Waals surface area contributed by atoms with Gasteiger partial charge in [-0.1, -0.05) is 65.0 Å². The second kappa shape index (κ2) is 18.0. The van der Waals surface area contributed by atoms with E-state index < -0.39 is 59.4 Å². The van der Waals surface area contributed by atoms with Gasteiger partial charge in [0.25, 0.3) is 0 Å². The lowest BCUT2D eigenvalue weighted by Gasteiger charge is -2.37. The highest BCUT2D eigenvalue weighted by Crippen LogP contribution is 2.44. The second-order valence-electron chi connectivity index (χ2n) is 15.5. The summed E-state index contributed by atoms with van der Waals surface area (Å²) in [5.41, 5.74) is 6.48. The lowest BCUT2D eigenvalue weighted by molar-refractivity contribution is -0.146. The van der Waals surface area contributed by atoms with Crippen molar-refractivity contribution in [3.05, 3.63) is 47.5 Å². The van der Waals surface area contributed by atoms with Gasteiger partial charge in [-0.15, -0.1) is 0 Å². The number of allylic oxidation sites excluding steroid dienone is 1. The number of carbonyl (C=O) groups is 6. The summed E-state index contributed by atoms with van der Waals surface area (Å²) < 4.78 is 5.99. The number of amides is 5. The van der Waals surface area contributed by atoms with Crippen molar-refractivity contribution in [1.82, 2.24) is 26.2 Å². The quantitative estimate of drug-likeness (QED) is 0.0968. The molecule has 0 saturated carbocycles. The van der Waals surface area contributed by atoms with Crippen LogP contribution in [-0.4, -0.2) is 81.9 Å². The molecule has 52 heavy (non-hydrogen) atoms. The molecule has 0 aromatic heterocycles. The largest absolute Gasteiger partial charge is 0.480 e. The third kappa shape index (κ3) is 10.9. The summed E-state index contributed by atoms with van der Waals surface area (Å²) in [5, 5.41) is 20.4. The van der Waals surface area contributed by atoms with Crippen LogP contribution >= 0.6 is 0 Å². The molecule has 14 nitrogen and oxygen atoms in total. The van der Waals surface area contributed by atoms with Crippen molar-refractivity contribution in [3.8, 4) is 0 Å². The van der Waals surface area contributed by atoms with Gasteiger partial charge in [0, 0.05) is 6.54 Å². The van der Waals surface area contributed by atoms with E-state index in [1.165, 1.54) is 11.0 Å². The number of carboxylic acids is 1. The lowest BCUT2D eigenvalue weighted by atomic mass is 9.86. The fraction of sp³-hybridized carbons (Fsp3) is 0.632. The zero-order valence-electron chi connectivity index (χ0n) is 31.9. The molecule has 8 atom stereocenters. The van der Waals surface area contributed by atoms with E-state index in [9.17, 15) is 33.9 Å². The summed E-state index contributed by atoms with van der Waals surface area (Å²) in [5.74, 6) is -3.01.